The van der Waals surface area contributed by atoms with E-state index in [2.05, 4.69) is 27.5 Å². The third kappa shape index (κ3) is 3.56. The zero-order valence-electron chi connectivity index (χ0n) is 14.9. The standard InChI is InChI=1S/C19H25FN4/c1-12-8-15(9-13(2)18(12)20)17-10-14(3)19(23-22-17)21-16-6-5-7-24(4)11-16/h8-10,16H,5-7,11H2,1-4H3,(H,21,23)/t16-/m1/s1. The van der Waals surface area contributed by atoms with E-state index in [1.165, 1.54) is 6.42 Å². The highest BCUT2D eigenvalue weighted by atomic mass is 19.1. The lowest BCUT2D eigenvalue weighted by molar-refractivity contribution is 0.260. The first-order chi connectivity index (χ1) is 11.4. The number of nitrogens with zero attached hydrogens (tertiary/aromatic N) is 3. The molecule has 128 valence electrons. The molecule has 5 heteroatoms. The molecule has 0 unspecified atom stereocenters. The van der Waals surface area contributed by atoms with Crippen molar-refractivity contribution in [1.82, 2.24) is 15.1 Å². The molecule has 0 saturated carbocycles. The SMILES string of the molecule is Cc1cc(-c2cc(C)c(F)c(C)c2)nnc1N[C@@H]1CCCN(C)C1. The molecule has 1 saturated heterocycles. The molecule has 0 radical (unpaired) electrons. The van der Waals surface area contributed by atoms with Crippen molar-refractivity contribution in [2.75, 3.05) is 25.5 Å². The molecule has 1 fully saturated rings. The van der Waals surface area contributed by atoms with Gasteiger partial charge >= 0.3 is 0 Å². The molecule has 1 aromatic carbocycles. The van der Waals surface area contributed by atoms with E-state index in [9.17, 15) is 4.39 Å². The van der Waals surface area contributed by atoms with Crippen LogP contribution in [0.3, 0.4) is 0 Å². The number of halogens is 1. The van der Waals surface area contributed by atoms with Crippen molar-refractivity contribution in [2.24, 2.45) is 0 Å². The molecule has 1 aliphatic rings. The lowest BCUT2D eigenvalue weighted by Gasteiger charge is -2.30. The van der Waals surface area contributed by atoms with Gasteiger partial charge in [0.25, 0.3) is 0 Å². The number of likely N-dealkylation sites (N-methyl/N-ethyl adjacent to an activating group) is 1. The molecule has 3 rings (SSSR count). The molecule has 1 aliphatic heterocycles. The summed E-state index contributed by atoms with van der Waals surface area (Å²) in [5.74, 6) is 0.692. The zero-order chi connectivity index (χ0) is 17.3. The molecule has 0 amide bonds. The van der Waals surface area contributed by atoms with Crippen LogP contribution in [-0.2, 0) is 0 Å². The largest absolute Gasteiger partial charge is 0.364 e. The summed E-state index contributed by atoms with van der Waals surface area (Å²) in [4.78, 5) is 2.34. The molecular weight excluding hydrogens is 303 g/mol. The van der Waals surface area contributed by atoms with Gasteiger partial charge < -0.3 is 10.2 Å². The van der Waals surface area contributed by atoms with Gasteiger partial charge in [-0.1, -0.05) is 0 Å². The lowest BCUT2D eigenvalue weighted by atomic mass is 10.0. The highest BCUT2D eigenvalue weighted by Crippen LogP contribution is 2.25. The van der Waals surface area contributed by atoms with E-state index in [1.54, 1.807) is 13.8 Å². The topological polar surface area (TPSA) is 41.1 Å². The Morgan fingerprint density at radius 1 is 1.08 bits per heavy atom. The average molecular weight is 328 g/mol. The molecule has 0 aliphatic carbocycles. The predicted octanol–water partition coefficient (Wildman–Crippen LogP) is 3.71. The second-order valence-corrected chi connectivity index (χ2v) is 6.93. The van der Waals surface area contributed by atoms with Gasteiger partial charge in [0.15, 0.2) is 5.82 Å². The summed E-state index contributed by atoms with van der Waals surface area (Å²) in [5.41, 5.74) is 4.03. The first-order valence-electron chi connectivity index (χ1n) is 8.50. The Kier molecular flexibility index (Phi) is 4.81. The Hall–Kier alpha value is -2.01. The third-order valence-electron chi connectivity index (χ3n) is 4.68. The van der Waals surface area contributed by atoms with E-state index in [-0.39, 0.29) is 5.82 Å². The summed E-state index contributed by atoms with van der Waals surface area (Å²) in [7, 11) is 2.15. The van der Waals surface area contributed by atoms with Gasteiger partial charge in [0.1, 0.15) is 5.82 Å². The van der Waals surface area contributed by atoms with Crippen LogP contribution >= 0.6 is 0 Å². The summed E-state index contributed by atoms with van der Waals surface area (Å²) in [6.07, 6.45) is 2.36. The number of benzene rings is 1. The van der Waals surface area contributed by atoms with E-state index in [0.717, 1.165) is 42.1 Å². The number of likely N-dealkylation sites (tertiary alicyclic amines) is 1. The number of rotatable bonds is 3. The van der Waals surface area contributed by atoms with Gasteiger partial charge in [-0.15, -0.1) is 10.2 Å². The molecule has 4 nitrogen and oxygen atoms in total. The van der Waals surface area contributed by atoms with Crippen LogP contribution in [0.2, 0.25) is 0 Å². The van der Waals surface area contributed by atoms with E-state index < -0.39 is 0 Å². The summed E-state index contributed by atoms with van der Waals surface area (Å²) < 4.78 is 13.8. The van der Waals surface area contributed by atoms with Crippen LogP contribution in [0.5, 0.6) is 0 Å². The van der Waals surface area contributed by atoms with E-state index >= 15 is 0 Å². The fourth-order valence-corrected chi connectivity index (χ4v) is 3.34. The fourth-order valence-electron chi connectivity index (χ4n) is 3.34. The number of hydrogen-bond donors (Lipinski definition) is 1. The highest BCUT2D eigenvalue weighted by molar-refractivity contribution is 5.63. The molecule has 1 aromatic heterocycles. The molecule has 2 heterocycles. The first-order valence-corrected chi connectivity index (χ1v) is 8.50. The number of anilines is 1. The summed E-state index contributed by atoms with van der Waals surface area (Å²) in [6.45, 7) is 7.78. The average Bonchev–Trinajstić information content (AvgIpc) is 2.54. The van der Waals surface area contributed by atoms with E-state index in [4.69, 9.17) is 0 Å². The molecular formula is C19H25FN4. The normalized spacial score (nSPS) is 18.6. The molecule has 0 bridgehead atoms. The van der Waals surface area contributed by atoms with Crippen molar-refractivity contribution < 1.29 is 4.39 Å². The number of hydrogen-bond acceptors (Lipinski definition) is 4. The summed E-state index contributed by atoms with van der Waals surface area (Å²) in [6, 6.07) is 6.09. The maximum Gasteiger partial charge on any atom is 0.151 e. The number of nitrogens with one attached hydrogen (secondary N) is 1. The maximum absolute atomic E-state index is 13.8. The Labute approximate surface area is 143 Å². The van der Waals surface area contributed by atoms with Crippen LogP contribution in [0.1, 0.15) is 29.5 Å². The second-order valence-electron chi connectivity index (χ2n) is 6.93. The van der Waals surface area contributed by atoms with Gasteiger partial charge in [0, 0.05) is 18.2 Å². The first kappa shape index (κ1) is 16.8. The van der Waals surface area contributed by atoms with E-state index in [1.807, 2.05) is 25.1 Å². The quantitative estimate of drug-likeness (QED) is 0.932. The van der Waals surface area contributed by atoms with Crippen LogP contribution in [-0.4, -0.2) is 41.3 Å². The Morgan fingerprint density at radius 2 is 1.79 bits per heavy atom. The van der Waals surface area contributed by atoms with Crippen molar-refractivity contribution >= 4 is 5.82 Å². The monoisotopic (exact) mass is 328 g/mol. The molecule has 24 heavy (non-hydrogen) atoms. The molecule has 0 spiro atoms. The Morgan fingerprint density at radius 3 is 2.42 bits per heavy atom. The minimum atomic E-state index is -0.150. The molecule has 1 N–H and O–H groups in total. The van der Waals surface area contributed by atoms with Gasteiger partial charge in [-0.25, -0.2) is 4.39 Å². The number of aryl methyl sites for hydroxylation is 3. The number of piperidine rings is 1. The van der Waals surface area contributed by atoms with Crippen molar-refractivity contribution in [2.45, 2.75) is 39.7 Å². The van der Waals surface area contributed by atoms with Gasteiger partial charge in [0.2, 0.25) is 0 Å². The third-order valence-corrected chi connectivity index (χ3v) is 4.68. The number of aromatic nitrogens is 2. The zero-order valence-corrected chi connectivity index (χ0v) is 14.9. The van der Waals surface area contributed by atoms with E-state index in [0.29, 0.717) is 17.2 Å². The maximum atomic E-state index is 13.8. The smallest absolute Gasteiger partial charge is 0.151 e. The Balaban J connectivity index is 1.82. The summed E-state index contributed by atoms with van der Waals surface area (Å²) >= 11 is 0. The van der Waals surface area contributed by atoms with Crippen LogP contribution in [0.25, 0.3) is 11.3 Å². The van der Waals surface area contributed by atoms with Crippen molar-refractivity contribution in [3.8, 4) is 11.3 Å². The minimum Gasteiger partial charge on any atom is -0.364 e. The van der Waals surface area contributed by atoms with Crippen molar-refractivity contribution in [3.63, 3.8) is 0 Å². The van der Waals surface area contributed by atoms with Crippen molar-refractivity contribution in [1.29, 1.82) is 0 Å². The van der Waals surface area contributed by atoms with Gasteiger partial charge in [-0.3, -0.25) is 0 Å². The fraction of sp³-hybridized carbons (Fsp3) is 0.474. The van der Waals surface area contributed by atoms with Gasteiger partial charge in [-0.05, 0) is 82.1 Å². The van der Waals surface area contributed by atoms with Crippen LogP contribution in [0, 0.1) is 26.6 Å². The molecule has 1 atom stereocenters. The minimum absolute atomic E-state index is 0.150. The second kappa shape index (κ2) is 6.85. The summed E-state index contributed by atoms with van der Waals surface area (Å²) in [5, 5.41) is 12.3. The van der Waals surface area contributed by atoms with Crippen LogP contribution in [0.4, 0.5) is 10.2 Å². The lowest BCUT2D eigenvalue weighted by Crippen LogP contribution is -2.40. The van der Waals surface area contributed by atoms with Gasteiger partial charge in [-0.2, -0.15) is 0 Å². The molecule has 2 aromatic rings. The van der Waals surface area contributed by atoms with Crippen LogP contribution in [0.15, 0.2) is 18.2 Å². The van der Waals surface area contributed by atoms with Gasteiger partial charge in [0.05, 0.1) is 5.69 Å². The predicted molar refractivity (Wildman–Crippen MR) is 95.8 cm³/mol. The highest BCUT2D eigenvalue weighted by Gasteiger charge is 2.18. The Bertz CT molecular complexity index is 721. The van der Waals surface area contributed by atoms with Crippen LogP contribution < -0.4 is 5.32 Å². The van der Waals surface area contributed by atoms with Crippen molar-refractivity contribution in [3.05, 3.63) is 40.7 Å².